The molecule has 1 saturated heterocycles. The van der Waals surface area contributed by atoms with Crippen LogP contribution in [0, 0.1) is 0 Å². The predicted molar refractivity (Wildman–Crippen MR) is 117 cm³/mol. The Labute approximate surface area is 168 Å². The molecule has 4 nitrogen and oxygen atoms in total. The molecule has 1 aliphatic rings. The Balaban J connectivity index is 1.48. The minimum Gasteiger partial charge on any atom is -0.494 e. The maximum Gasteiger partial charge on any atom is 0.255 e. The molecule has 2 aromatic rings. The highest BCUT2D eigenvalue weighted by molar-refractivity contribution is 6.04. The van der Waals surface area contributed by atoms with E-state index in [9.17, 15) is 4.79 Å². The number of piperidine rings is 1. The van der Waals surface area contributed by atoms with E-state index in [1.165, 1.54) is 44.2 Å². The molecule has 0 bridgehead atoms. The molecule has 0 saturated carbocycles. The third-order valence-corrected chi connectivity index (χ3v) is 5.23. The van der Waals surface area contributed by atoms with Crippen LogP contribution in [0.15, 0.2) is 48.5 Å². The molecular weight excluding hydrogens is 348 g/mol. The molecule has 2 aromatic carbocycles. The van der Waals surface area contributed by atoms with Gasteiger partial charge in [-0.2, -0.15) is 0 Å². The molecule has 4 heteroatoms. The number of hydrogen-bond donors (Lipinski definition) is 1. The Bertz CT molecular complexity index is 719. The summed E-state index contributed by atoms with van der Waals surface area (Å²) in [5.41, 5.74) is 2.69. The number of unbranched alkanes of at least 4 members (excludes halogenated alkanes) is 3. The van der Waals surface area contributed by atoms with E-state index >= 15 is 0 Å². The number of anilines is 2. The van der Waals surface area contributed by atoms with Crippen LogP contribution in [-0.2, 0) is 0 Å². The van der Waals surface area contributed by atoms with Gasteiger partial charge in [0, 0.05) is 30.0 Å². The van der Waals surface area contributed by atoms with E-state index in [-0.39, 0.29) is 5.91 Å². The summed E-state index contributed by atoms with van der Waals surface area (Å²) in [6.07, 6.45) is 8.60. The number of nitrogens with zero attached hydrogens (tertiary/aromatic N) is 1. The van der Waals surface area contributed by atoms with Crippen LogP contribution in [0.2, 0.25) is 0 Å². The van der Waals surface area contributed by atoms with E-state index in [1.807, 2.05) is 36.4 Å². The lowest BCUT2D eigenvalue weighted by Crippen LogP contribution is -2.29. The Hall–Kier alpha value is -2.49. The first-order chi connectivity index (χ1) is 13.8. The number of ether oxygens (including phenoxy) is 1. The molecule has 1 N–H and O–H groups in total. The van der Waals surface area contributed by atoms with E-state index in [2.05, 4.69) is 29.3 Å². The van der Waals surface area contributed by atoms with Gasteiger partial charge in [0.05, 0.1) is 6.61 Å². The third-order valence-electron chi connectivity index (χ3n) is 5.23. The molecule has 1 amide bonds. The van der Waals surface area contributed by atoms with Gasteiger partial charge in [-0.05, 0) is 74.2 Å². The fraction of sp³-hybridized carbons (Fsp3) is 0.458. The molecule has 1 heterocycles. The average Bonchev–Trinajstić information content (AvgIpc) is 2.75. The summed E-state index contributed by atoms with van der Waals surface area (Å²) < 4.78 is 5.74. The number of carbonyl (C=O) groups is 1. The Morgan fingerprint density at radius 3 is 2.32 bits per heavy atom. The molecule has 1 aliphatic heterocycles. The van der Waals surface area contributed by atoms with E-state index < -0.39 is 0 Å². The highest BCUT2D eigenvalue weighted by atomic mass is 16.5. The van der Waals surface area contributed by atoms with Crippen molar-refractivity contribution in [1.82, 2.24) is 0 Å². The van der Waals surface area contributed by atoms with Gasteiger partial charge in [0.1, 0.15) is 5.75 Å². The van der Waals surface area contributed by atoms with Crippen LogP contribution in [0.5, 0.6) is 5.75 Å². The van der Waals surface area contributed by atoms with Crippen molar-refractivity contribution in [1.29, 1.82) is 0 Å². The summed E-state index contributed by atoms with van der Waals surface area (Å²) >= 11 is 0. The van der Waals surface area contributed by atoms with Crippen molar-refractivity contribution in [3.05, 3.63) is 54.1 Å². The zero-order chi connectivity index (χ0) is 19.6. The second-order valence-corrected chi connectivity index (χ2v) is 7.48. The van der Waals surface area contributed by atoms with Crippen LogP contribution in [-0.4, -0.2) is 25.6 Å². The van der Waals surface area contributed by atoms with Crippen LogP contribution in [0.4, 0.5) is 11.4 Å². The highest BCUT2D eigenvalue weighted by Gasteiger charge is 2.11. The maximum absolute atomic E-state index is 12.5. The van der Waals surface area contributed by atoms with Gasteiger partial charge in [-0.15, -0.1) is 0 Å². The summed E-state index contributed by atoms with van der Waals surface area (Å²) in [6, 6.07) is 15.5. The summed E-state index contributed by atoms with van der Waals surface area (Å²) in [4.78, 5) is 14.9. The largest absolute Gasteiger partial charge is 0.494 e. The molecule has 28 heavy (non-hydrogen) atoms. The van der Waals surface area contributed by atoms with Crippen LogP contribution in [0.3, 0.4) is 0 Å². The van der Waals surface area contributed by atoms with Crippen LogP contribution in [0.25, 0.3) is 0 Å². The van der Waals surface area contributed by atoms with E-state index in [0.29, 0.717) is 5.56 Å². The summed E-state index contributed by atoms with van der Waals surface area (Å²) in [6.45, 7) is 5.18. The van der Waals surface area contributed by atoms with Gasteiger partial charge in [0.25, 0.3) is 5.91 Å². The normalized spacial score (nSPS) is 14.0. The van der Waals surface area contributed by atoms with Gasteiger partial charge < -0.3 is 15.0 Å². The summed E-state index contributed by atoms with van der Waals surface area (Å²) in [7, 11) is 0. The lowest BCUT2D eigenvalue weighted by atomic mass is 10.1. The lowest BCUT2D eigenvalue weighted by molar-refractivity contribution is 0.102. The predicted octanol–water partition coefficient (Wildman–Crippen LogP) is 5.89. The van der Waals surface area contributed by atoms with Gasteiger partial charge in [-0.1, -0.05) is 26.2 Å². The lowest BCUT2D eigenvalue weighted by Gasteiger charge is -2.28. The first kappa shape index (κ1) is 20.2. The van der Waals surface area contributed by atoms with Crippen molar-refractivity contribution >= 4 is 17.3 Å². The van der Waals surface area contributed by atoms with Crippen molar-refractivity contribution in [3.63, 3.8) is 0 Å². The SMILES string of the molecule is CCCCCCOc1ccc(C(=O)Nc2ccc(N3CCCCC3)cc2)cc1. The van der Waals surface area contributed by atoms with E-state index in [0.717, 1.165) is 37.6 Å². The highest BCUT2D eigenvalue weighted by Crippen LogP contribution is 2.22. The minimum atomic E-state index is -0.0970. The van der Waals surface area contributed by atoms with Gasteiger partial charge in [-0.3, -0.25) is 4.79 Å². The van der Waals surface area contributed by atoms with Crippen LogP contribution in [0.1, 0.15) is 62.2 Å². The Kier molecular flexibility index (Phi) is 7.77. The molecule has 150 valence electrons. The molecule has 1 fully saturated rings. The number of nitrogens with one attached hydrogen (secondary N) is 1. The van der Waals surface area contributed by atoms with Gasteiger partial charge in [0.2, 0.25) is 0 Å². The van der Waals surface area contributed by atoms with Crippen molar-refractivity contribution in [2.24, 2.45) is 0 Å². The fourth-order valence-corrected chi connectivity index (χ4v) is 3.53. The quantitative estimate of drug-likeness (QED) is 0.552. The summed E-state index contributed by atoms with van der Waals surface area (Å²) in [5.74, 6) is 0.721. The average molecular weight is 381 g/mol. The monoisotopic (exact) mass is 380 g/mol. The number of carbonyl (C=O) groups excluding carboxylic acids is 1. The van der Waals surface area contributed by atoms with Gasteiger partial charge in [-0.25, -0.2) is 0 Å². The Morgan fingerprint density at radius 1 is 0.929 bits per heavy atom. The molecule has 0 aromatic heterocycles. The van der Waals surface area contributed by atoms with Crippen LogP contribution >= 0.6 is 0 Å². The number of amides is 1. The zero-order valence-corrected chi connectivity index (χ0v) is 17.0. The Morgan fingerprint density at radius 2 is 1.64 bits per heavy atom. The van der Waals surface area contributed by atoms with Crippen molar-refractivity contribution in [3.8, 4) is 5.75 Å². The zero-order valence-electron chi connectivity index (χ0n) is 17.0. The smallest absolute Gasteiger partial charge is 0.255 e. The second-order valence-electron chi connectivity index (χ2n) is 7.48. The van der Waals surface area contributed by atoms with Gasteiger partial charge >= 0.3 is 0 Å². The van der Waals surface area contributed by atoms with E-state index in [1.54, 1.807) is 0 Å². The maximum atomic E-state index is 12.5. The van der Waals surface area contributed by atoms with Gasteiger partial charge in [0.15, 0.2) is 0 Å². The molecule has 0 aliphatic carbocycles. The summed E-state index contributed by atoms with van der Waals surface area (Å²) in [5, 5.41) is 2.98. The molecule has 3 rings (SSSR count). The van der Waals surface area contributed by atoms with Crippen molar-refractivity contribution in [2.45, 2.75) is 51.9 Å². The number of hydrogen-bond acceptors (Lipinski definition) is 3. The third kappa shape index (κ3) is 6.01. The minimum absolute atomic E-state index is 0.0970. The van der Waals surface area contributed by atoms with Crippen LogP contribution < -0.4 is 15.0 Å². The molecule has 0 atom stereocenters. The molecule has 0 radical (unpaired) electrons. The van der Waals surface area contributed by atoms with Crippen molar-refractivity contribution < 1.29 is 9.53 Å². The first-order valence-corrected chi connectivity index (χ1v) is 10.7. The molecule has 0 spiro atoms. The number of benzene rings is 2. The number of rotatable bonds is 9. The first-order valence-electron chi connectivity index (χ1n) is 10.7. The topological polar surface area (TPSA) is 41.6 Å². The standard InChI is InChI=1S/C24H32N2O2/c1-2-3-4-8-19-28-23-15-9-20(10-16-23)24(27)25-21-11-13-22(14-12-21)26-17-6-5-7-18-26/h9-16H,2-8,17-19H2,1H3,(H,25,27). The second kappa shape index (κ2) is 10.7. The molecule has 0 unspecified atom stereocenters. The molecular formula is C24H32N2O2. The van der Waals surface area contributed by atoms with E-state index in [4.69, 9.17) is 4.74 Å². The fourth-order valence-electron chi connectivity index (χ4n) is 3.53. The van der Waals surface area contributed by atoms with Crippen molar-refractivity contribution in [2.75, 3.05) is 29.9 Å².